The predicted molar refractivity (Wildman–Crippen MR) is 175 cm³/mol. The van der Waals surface area contributed by atoms with Gasteiger partial charge in [0.1, 0.15) is 11.5 Å². The van der Waals surface area contributed by atoms with Crippen LogP contribution in [0.15, 0.2) is 48.6 Å². The molecule has 0 saturated heterocycles. The number of carbonyl (C=O) groups excluding carboxylic acids is 2. The van der Waals surface area contributed by atoms with Crippen molar-refractivity contribution < 1.29 is 29.3 Å². The van der Waals surface area contributed by atoms with Gasteiger partial charge in [-0.15, -0.1) is 0 Å². The number of ether oxygens (including phenoxy) is 2. The van der Waals surface area contributed by atoms with Crippen LogP contribution in [0.4, 0.5) is 0 Å². The fourth-order valence-electron chi connectivity index (χ4n) is 11.6. The van der Waals surface area contributed by atoms with Gasteiger partial charge in [0.05, 0.1) is 12.2 Å². The number of benzene rings is 2. The normalized spacial score (nSPS) is 39.0. The van der Waals surface area contributed by atoms with Crippen molar-refractivity contribution in [2.45, 2.75) is 115 Å². The van der Waals surface area contributed by atoms with Gasteiger partial charge in [-0.1, -0.05) is 26.0 Å². The average molecular weight is 625 g/mol. The molecule has 4 fully saturated rings. The van der Waals surface area contributed by atoms with Crippen LogP contribution in [0.2, 0.25) is 0 Å². The first-order chi connectivity index (χ1) is 22.1. The minimum Gasteiger partial charge on any atom is -0.423 e. The van der Waals surface area contributed by atoms with Gasteiger partial charge in [-0.25, -0.2) is 9.59 Å². The average Bonchev–Trinajstić information content (AvgIpc) is 3.53. The van der Waals surface area contributed by atoms with Gasteiger partial charge in [0, 0.05) is 12.2 Å². The van der Waals surface area contributed by atoms with Crippen molar-refractivity contribution in [3.05, 3.63) is 70.8 Å². The van der Waals surface area contributed by atoms with Gasteiger partial charge in [-0.2, -0.15) is 0 Å². The fraction of sp³-hybridized carbons (Fsp3) is 0.600. The van der Waals surface area contributed by atoms with Crippen molar-refractivity contribution >= 4 is 11.9 Å². The van der Waals surface area contributed by atoms with Gasteiger partial charge in [0.25, 0.3) is 0 Å². The van der Waals surface area contributed by atoms with Crippen LogP contribution in [0.3, 0.4) is 0 Å². The molecule has 8 rings (SSSR count). The van der Waals surface area contributed by atoms with Crippen LogP contribution in [0.1, 0.15) is 112 Å². The van der Waals surface area contributed by atoms with Crippen LogP contribution in [-0.4, -0.2) is 34.4 Å². The summed E-state index contributed by atoms with van der Waals surface area (Å²) in [7, 11) is 0. The van der Waals surface area contributed by atoms with E-state index in [2.05, 4.69) is 26.0 Å². The molecule has 0 aliphatic heterocycles. The van der Waals surface area contributed by atoms with Crippen LogP contribution in [0, 0.1) is 34.5 Å². The Labute approximate surface area is 272 Å². The lowest BCUT2D eigenvalue weighted by molar-refractivity contribution is -0.131. The highest BCUT2D eigenvalue weighted by atomic mass is 16.5. The first-order valence-corrected chi connectivity index (χ1v) is 17.9. The molecule has 244 valence electrons. The molecule has 2 aromatic rings. The number of fused-ring (bicyclic) bond motifs is 10. The van der Waals surface area contributed by atoms with Crippen LogP contribution >= 0.6 is 0 Å². The van der Waals surface area contributed by atoms with E-state index in [4.69, 9.17) is 9.47 Å². The third kappa shape index (κ3) is 4.89. The first-order valence-electron chi connectivity index (χ1n) is 17.9. The molecule has 2 aromatic carbocycles. The molecule has 6 heteroatoms. The predicted octanol–water partition coefficient (Wildman–Crippen LogP) is 7.19. The van der Waals surface area contributed by atoms with Crippen molar-refractivity contribution in [3.63, 3.8) is 0 Å². The second kappa shape index (κ2) is 11.3. The minimum atomic E-state index is -0.600. The number of aryl methyl sites for hydroxylation is 2. The quantitative estimate of drug-likeness (QED) is 0.213. The largest absolute Gasteiger partial charge is 0.423 e. The fourth-order valence-corrected chi connectivity index (χ4v) is 11.6. The van der Waals surface area contributed by atoms with E-state index in [1.165, 1.54) is 22.3 Å². The summed E-state index contributed by atoms with van der Waals surface area (Å²) < 4.78 is 11.2. The number of aliphatic hydroxyl groups is 2. The van der Waals surface area contributed by atoms with E-state index in [-0.39, 0.29) is 23.0 Å². The molecule has 0 radical (unpaired) electrons. The minimum absolute atomic E-state index is 0.0597. The van der Waals surface area contributed by atoms with E-state index in [9.17, 15) is 19.8 Å². The SMILES string of the molecule is C[C@]12CCC3c4ccc(OC(=O)/C=C\C(=O)Oc5ccc6c(c5)CCC5C6CC[C@@]6(C)C5CC[C@@H]6O)cc4CCC3C1CC[C@@H]2O. The van der Waals surface area contributed by atoms with E-state index in [1.807, 2.05) is 24.3 Å². The highest BCUT2D eigenvalue weighted by Gasteiger charge is 2.55. The van der Waals surface area contributed by atoms with Crippen LogP contribution in [0.25, 0.3) is 0 Å². The summed E-state index contributed by atoms with van der Waals surface area (Å²) in [5.41, 5.74) is 5.36. The smallest absolute Gasteiger partial charge is 0.336 e. The van der Waals surface area contributed by atoms with Crippen LogP contribution < -0.4 is 9.47 Å². The maximum atomic E-state index is 12.6. The van der Waals surface area contributed by atoms with E-state index in [0.717, 1.165) is 89.2 Å². The standard InChI is InChI=1S/C40H48O6/c1-39-19-17-29-27-9-5-25(21-23(27)3-7-31(29)33(39)11-13-35(39)41)45-37(43)15-16-38(44)46-26-6-10-28-24(22-26)4-8-32-30(28)18-20-40(2)34(32)12-14-36(40)42/h5-6,9-10,15-16,21-22,29-36,41-42H,3-4,7-8,11-14,17-20H2,1-2H3/b16-15-/t29?,30?,31?,32?,33?,34?,35-,36-,39-,40-/m0/s1. The van der Waals surface area contributed by atoms with Gasteiger partial charge in [-0.05, 0) is 170 Å². The molecule has 6 unspecified atom stereocenters. The van der Waals surface area contributed by atoms with E-state index >= 15 is 0 Å². The van der Waals surface area contributed by atoms with Crippen LogP contribution in [0.5, 0.6) is 11.5 Å². The van der Waals surface area contributed by atoms with Gasteiger partial charge < -0.3 is 19.7 Å². The summed E-state index contributed by atoms with van der Waals surface area (Å²) in [6, 6.07) is 12.0. The third-order valence-electron chi connectivity index (χ3n) is 14.1. The Bertz CT molecular complexity index is 1460. The Morgan fingerprint density at radius 3 is 1.52 bits per heavy atom. The Morgan fingerprint density at radius 1 is 0.652 bits per heavy atom. The Morgan fingerprint density at radius 2 is 1.09 bits per heavy atom. The van der Waals surface area contributed by atoms with E-state index < -0.39 is 11.9 Å². The molecule has 10 atom stereocenters. The Kier molecular flexibility index (Phi) is 7.48. The molecular weight excluding hydrogens is 576 g/mol. The molecule has 2 N–H and O–H groups in total. The number of hydrogen-bond acceptors (Lipinski definition) is 6. The molecule has 6 aliphatic carbocycles. The second-order valence-corrected chi connectivity index (χ2v) is 16.0. The van der Waals surface area contributed by atoms with Crippen molar-refractivity contribution in [1.29, 1.82) is 0 Å². The number of esters is 2. The van der Waals surface area contributed by atoms with Gasteiger partial charge in [0.15, 0.2) is 0 Å². The van der Waals surface area contributed by atoms with E-state index in [0.29, 0.717) is 47.0 Å². The lowest BCUT2D eigenvalue weighted by atomic mass is 9.55. The first kappa shape index (κ1) is 30.4. The lowest BCUT2D eigenvalue weighted by Gasteiger charge is -2.50. The zero-order valence-corrected chi connectivity index (χ0v) is 27.3. The van der Waals surface area contributed by atoms with Crippen molar-refractivity contribution in [2.24, 2.45) is 34.5 Å². The third-order valence-corrected chi connectivity index (χ3v) is 14.1. The molecule has 4 saturated carbocycles. The van der Waals surface area contributed by atoms with Crippen molar-refractivity contribution in [2.75, 3.05) is 0 Å². The molecular formula is C40H48O6. The summed E-state index contributed by atoms with van der Waals surface area (Å²) in [4.78, 5) is 25.3. The second-order valence-electron chi connectivity index (χ2n) is 16.0. The molecule has 46 heavy (non-hydrogen) atoms. The number of hydrogen-bond donors (Lipinski definition) is 2. The molecule has 0 heterocycles. The molecule has 0 amide bonds. The van der Waals surface area contributed by atoms with Gasteiger partial charge in [0.2, 0.25) is 0 Å². The summed E-state index contributed by atoms with van der Waals surface area (Å²) >= 11 is 0. The summed E-state index contributed by atoms with van der Waals surface area (Å²) in [6.45, 7) is 4.59. The molecule has 6 aliphatic rings. The highest BCUT2D eigenvalue weighted by Crippen LogP contribution is 2.62. The Balaban J connectivity index is 0.876. The monoisotopic (exact) mass is 624 g/mol. The zero-order valence-electron chi connectivity index (χ0n) is 27.3. The molecule has 6 nitrogen and oxygen atoms in total. The van der Waals surface area contributed by atoms with Gasteiger partial charge >= 0.3 is 11.9 Å². The van der Waals surface area contributed by atoms with E-state index in [1.54, 1.807) is 0 Å². The maximum Gasteiger partial charge on any atom is 0.336 e. The zero-order chi connectivity index (χ0) is 31.8. The highest BCUT2D eigenvalue weighted by molar-refractivity contribution is 5.93. The summed E-state index contributed by atoms with van der Waals surface area (Å²) in [5, 5.41) is 21.3. The molecule has 0 spiro atoms. The number of carbonyl (C=O) groups is 2. The molecule has 0 bridgehead atoms. The van der Waals surface area contributed by atoms with Crippen LogP contribution in [-0.2, 0) is 22.4 Å². The Hall–Kier alpha value is -2.96. The maximum absolute atomic E-state index is 12.6. The summed E-state index contributed by atoms with van der Waals surface area (Å²) in [5.74, 6) is 3.22. The number of aliphatic hydroxyl groups excluding tert-OH is 2. The van der Waals surface area contributed by atoms with Crippen molar-refractivity contribution in [3.8, 4) is 11.5 Å². The lowest BCUT2D eigenvalue weighted by Crippen LogP contribution is -2.43. The number of rotatable bonds is 4. The van der Waals surface area contributed by atoms with Gasteiger partial charge in [-0.3, -0.25) is 0 Å². The van der Waals surface area contributed by atoms with Crippen molar-refractivity contribution in [1.82, 2.24) is 0 Å². The molecule has 0 aromatic heterocycles. The summed E-state index contributed by atoms with van der Waals surface area (Å²) in [6.07, 6.45) is 14.5. The topological polar surface area (TPSA) is 93.1 Å².